The molecule has 0 fully saturated rings. The van der Waals surface area contributed by atoms with Crippen molar-refractivity contribution in [2.45, 2.75) is 38.0 Å². The number of alkyl halides is 1. The van der Waals surface area contributed by atoms with Gasteiger partial charge in [-0.25, -0.2) is 9.97 Å². The minimum Gasteiger partial charge on any atom is -0.240 e. The number of hydrogen-bond acceptors (Lipinski definition) is 2. The molecular weight excluding hydrogens is 256 g/mol. The summed E-state index contributed by atoms with van der Waals surface area (Å²) in [7, 11) is 0. The van der Waals surface area contributed by atoms with Crippen molar-refractivity contribution < 1.29 is 0 Å². The second-order valence-corrected chi connectivity index (χ2v) is 5.40. The normalized spacial score (nSPS) is 18.1. The number of aromatic nitrogens is 2. The van der Waals surface area contributed by atoms with E-state index in [9.17, 15) is 0 Å². The summed E-state index contributed by atoms with van der Waals surface area (Å²) in [6.07, 6.45) is 5.40. The molecule has 0 N–H and O–H groups in total. The van der Waals surface area contributed by atoms with Crippen molar-refractivity contribution in [3.63, 3.8) is 0 Å². The first kappa shape index (κ1) is 12.6. The highest BCUT2D eigenvalue weighted by Crippen LogP contribution is 2.35. The molecule has 1 atom stereocenters. The van der Waals surface area contributed by atoms with E-state index in [-0.39, 0.29) is 0 Å². The number of hydrogen-bond donors (Lipinski definition) is 0. The molecule has 0 saturated heterocycles. The topological polar surface area (TPSA) is 25.8 Å². The molecule has 1 heterocycles. The molecular formula is C16H17ClN2. The molecule has 19 heavy (non-hydrogen) atoms. The Morgan fingerprint density at radius 1 is 1.32 bits per heavy atom. The van der Waals surface area contributed by atoms with Gasteiger partial charge < -0.3 is 0 Å². The van der Waals surface area contributed by atoms with Crippen LogP contribution in [0.1, 0.15) is 47.0 Å². The van der Waals surface area contributed by atoms with Crippen LogP contribution in [0.3, 0.4) is 0 Å². The van der Waals surface area contributed by atoms with Crippen LogP contribution in [0.15, 0.2) is 30.5 Å². The summed E-state index contributed by atoms with van der Waals surface area (Å²) in [6, 6.07) is 8.65. The largest absolute Gasteiger partial charge is 0.240 e. The minimum atomic E-state index is 0.326. The van der Waals surface area contributed by atoms with E-state index in [1.807, 2.05) is 13.1 Å². The lowest BCUT2D eigenvalue weighted by molar-refractivity contribution is 0.587. The first-order valence-electron chi connectivity index (χ1n) is 6.76. The molecule has 1 aromatic carbocycles. The second kappa shape index (κ2) is 5.30. The summed E-state index contributed by atoms with van der Waals surface area (Å²) >= 11 is 5.95. The zero-order valence-electron chi connectivity index (χ0n) is 11.1. The van der Waals surface area contributed by atoms with Crippen molar-refractivity contribution in [2.75, 3.05) is 0 Å². The highest BCUT2D eigenvalue weighted by atomic mass is 35.5. The third-order valence-electron chi connectivity index (χ3n) is 3.90. The highest BCUT2D eigenvalue weighted by molar-refractivity contribution is 6.16. The molecule has 0 aliphatic heterocycles. The summed E-state index contributed by atoms with van der Waals surface area (Å²) in [4.78, 5) is 9.21. The molecule has 0 saturated carbocycles. The lowest BCUT2D eigenvalue weighted by Crippen LogP contribution is -2.14. The summed E-state index contributed by atoms with van der Waals surface area (Å²) in [6.45, 7) is 2.01. The molecule has 2 nitrogen and oxygen atoms in total. The van der Waals surface area contributed by atoms with E-state index in [1.165, 1.54) is 24.0 Å². The standard InChI is InChI=1S/C16H17ClN2/c1-11-10-18-16(19-15(11)9-17)14-8-4-6-12-5-2-3-7-13(12)14/h2-3,5,7,10,14H,4,6,8-9H2,1H3. The average molecular weight is 273 g/mol. The van der Waals surface area contributed by atoms with Crippen molar-refractivity contribution in [3.8, 4) is 0 Å². The van der Waals surface area contributed by atoms with Gasteiger partial charge in [0.05, 0.1) is 11.6 Å². The van der Waals surface area contributed by atoms with Crippen molar-refractivity contribution in [2.24, 2.45) is 0 Å². The molecule has 0 bridgehead atoms. The fourth-order valence-electron chi connectivity index (χ4n) is 2.82. The Kier molecular flexibility index (Phi) is 3.52. The Morgan fingerprint density at radius 3 is 3.00 bits per heavy atom. The maximum absolute atomic E-state index is 5.95. The van der Waals surface area contributed by atoms with E-state index in [1.54, 1.807) is 0 Å². The Morgan fingerprint density at radius 2 is 2.16 bits per heavy atom. The molecule has 98 valence electrons. The van der Waals surface area contributed by atoms with E-state index in [0.717, 1.165) is 23.5 Å². The predicted octanol–water partition coefficient (Wildman–Crippen LogP) is 3.99. The van der Waals surface area contributed by atoms with Gasteiger partial charge >= 0.3 is 0 Å². The Balaban J connectivity index is 2.04. The van der Waals surface area contributed by atoms with Gasteiger partial charge in [0.1, 0.15) is 5.82 Å². The van der Waals surface area contributed by atoms with Crippen LogP contribution in [-0.4, -0.2) is 9.97 Å². The number of nitrogens with zero attached hydrogens (tertiary/aromatic N) is 2. The van der Waals surface area contributed by atoms with Gasteiger partial charge in [-0.1, -0.05) is 24.3 Å². The molecule has 1 unspecified atom stereocenters. The molecule has 0 amide bonds. The second-order valence-electron chi connectivity index (χ2n) is 5.14. The molecule has 3 heteroatoms. The van der Waals surface area contributed by atoms with Gasteiger partial charge in [-0.05, 0) is 42.9 Å². The molecule has 1 aliphatic rings. The van der Waals surface area contributed by atoms with E-state index in [2.05, 4.69) is 34.2 Å². The van der Waals surface area contributed by atoms with Crippen LogP contribution in [0.2, 0.25) is 0 Å². The minimum absolute atomic E-state index is 0.326. The zero-order valence-corrected chi connectivity index (χ0v) is 11.8. The summed E-state index contributed by atoms with van der Waals surface area (Å²) in [5, 5.41) is 0. The third-order valence-corrected chi connectivity index (χ3v) is 4.16. The van der Waals surface area contributed by atoms with Gasteiger partial charge in [-0.15, -0.1) is 11.6 Å². The maximum atomic E-state index is 5.95. The predicted molar refractivity (Wildman–Crippen MR) is 77.5 cm³/mol. The highest BCUT2D eigenvalue weighted by Gasteiger charge is 2.23. The quantitative estimate of drug-likeness (QED) is 0.773. The van der Waals surface area contributed by atoms with Crippen molar-refractivity contribution in [1.82, 2.24) is 9.97 Å². The van der Waals surface area contributed by atoms with E-state index >= 15 is 0 Å². The number of halogens is 1. The van der Waals surface area contributed by atoms with Gasteiger partial charge in [0.2, 0.25) is 0 Å². The first-order valence-corrected chi connectivity index (χ1v) is 7.29. The first-order chi connectivity index (χ1) is 9.29. The number of benzene rings is 1. The fourth-order valence-corrected chi connectivity index (χ4v) is 3.09. The average Bonchev–Trinajstić information content (AvgIpc) is 2.47. The van der Waals surface area contributed by atoms with Gasteiger partial charge in [0.15, 0.2) is 0 Å². The van der Waals surface area contributed by atoms with Crippen LogP contribution < -0.4 is 0 Å². The van der Waals surface area contributed by atoms with Crippen LogP contribution in [0, 0.1) is 6.92 Å². The Labute approximate surface area is 118 Å². The molecule has 2 aromatic rings. The number of aryl methyl sites for hydroxylation is 2. The van der Waals surface area contributed by atoms with Gasteiger partial charge in [-0.3, -0.25) is 0 Å². The molecule has 3 rings (SSSR count). The van der Waals surface area contributed by atoms with Crippen LogP contribution >= 0.6 is 11.6 Å². The van der Waals surface area contributed by atoms with Crippen LogP contribution in [0.5, 0.6) is 0 Å². The number of rotatable bonds is 2. The van der Waals surface area contributed by atoms with E-state index in [4.69, 9.17) is 11.6 Å². The molecule has 1 aromatic heterocycles. The van der Waals surface area contributed by atoms with Crippen molar-refractivity contribution in [3.05, 3.63) is 58.7 Å². The van der Waals surface area contributed by atoms with E-state index < -0.39 is 0 Å². The van der Waals surface area contributed by atoms with Crippen LogP contribution in [0.4, 0.5) is 0 Å². The van der Waals surface area contributed by atoms with Gasteiger partial charge in [0.25, 0.3) is 0 Å². The van der Waals surface area contributed by atoms with Crippen LogP contribution in [0.25, 0.3) is 0 Å². The summed E-state index contributed by atoms with van der Waals surface area (Å²) in [5.41, 5.74) is 4.85. The van der Waals surface area contributed by atoms with Crippen LogP contribution in [-0.2, 0) is 12.3 Å². The third kappa shape index (κ3) is 2.37. The van der Waals surface area contributed by atoms with Crippen molar-refractivity contribution in [1.29, 1.82) is 0 Å². The van der Waals surface area contributed by atoms with Crippen molar-refractivity contribution >= 4 is 11.6 Å². The molecule has 0 radical (unpaired) electrons. The fraction of sp³-hybridized carbons (Fsp3) is 0.375. The lowest BCUT2D eigenvalue weighted by Gasteiger charge is -2.24. The Bertz CT molecular complexity index is 595. The smallest absolute Gasteiger partial charge is 0.136 e. The number of fused-ring (bicyclic) bond motifs is 1. The zero-order chi connectivity index (χ0) is 13.2. The SMILES string of the molecule is Cc1cnc(C2CCCc3ccccc32)nc1CCl. The Hall–Kier alpha value is -1.41. The molecule has 1 aliphatic carbocycles. The summed E-state index contributed by atoms with van der Waals surface area (Å²) < 4.78 is 0. The van der Waals surface area contributed by atoms with E-state index in [0.29, 0.717) is 11.8 Å². The lowest BCUT2D eigenvalue weighted by atomic mass is 9.82. The monoisotopic (exact) mass is 272 g/mol. The molecule has 0 spiro atoms. The maximum Gasteiger partial charge on any atom is 0.136 e. The van der Waals surface area contributed by atoms with Gasteiger partial charge in [0, 0.05) is 12.1 Å². The summed E-state index contributed by atoms with van der Waals surface area (Å²) in [5.74, 6) is 1.70. The van der Waals surface area contributed by atoms with Gasteiger partial charge in [-0.2, -0.15) is 0 Å².